The molecule has 0 aromatic carbocycles. The van der Waals surface area contributed by atoms with Crippen molar-refractivity contribution in [1.82, 2.24) is 9.80 Å². The Kier molecular flexibility index (Phi) is 6.28. The summed E-state index contributed by atoms with van der Waals surface area (Å²) < 4.78 is 0. The highest BCUT2D eigenvalue weighted by molar-refractivity contribution is 4.75. The van der Waals surface area contributed by atoms with E-state index < -0.39 is 0 Å². The molecule has 4 heteroatoms. The molecule has 0 radical (unpaired) electrons. The largest absolute Gasteiger partial charge is 0.395 e. The second-order valence-electron chi connectivity index (χ2n) is 4.92. The van der Waals surface area contributed by atoms with Gasteiger partial charge in [-0.1, -0.05) is 0 Å². The van der Waals surface area contributed by atoms with Gasteiger partial charge in [0.05, 0.1) is 13.2 Å². The fourth-order valence-corrected chi connectivity index (χ4v) is 2.42. The lowest BCUT2D eigenvalue weighted by atomic mass is 10.2. The van der Waals surface area contributed by atoms with Gasteiger partial charge in [0, 0.05) is 12.1 Å². The van der Waals surface area contributed by atoms with E-state index in [0.29, 0.717) is 25.3 Å². The molecule has 0 bridgehead atoms. The van der Waals surface area contributed by atoms with Gasteiger partial charge >= 0.3 is 0 Å². The Balaban J connectivity index is 0.000000160. The van der Waals surface area contributed by atoms with Crippen LogP contribution in [-0.4, -0.2) is 72.5 Å². The normalized spacial score (nSPS) is 31.5. The van der Waals surface area contributed by atoms with E-state index >= 15 is 0 Å². The average Bonchev–Trinajstić information content (AvgIpc) is 2.87. The Bertz CT molecular complexity index is 170. The number of rotatable bonds is 2. The Morgan fingerprint density at radius 3 is 1.38 bits per heavy atom. The van der Waals surface area contributed by atoms with Gasteiger partial charge in [0.2, 0.25) is 0 Å². The Morgan fingerprint density at radius 2 is 1.25 bits per heavy atom. The number of likely N-dealkylation sites (N-methyl/N-ethyl adjacent to an activating group) is 2. The summed E-state index contributed by atoms with van der Waals surface area (Å²) >= 11 is 0. The maximum atomic E-state index is 8.69. The average molecular weight is 230 g/mol. The quantitative estimate of drug-likeness (QED) is 0.709. The zero-order valence-corrected chi connectivity index (χ0v) is 10.6. The van der Waals surface area contributed by atoms with Crippen molar-refractivity contribution in [2.45, 2.75) is 37.8 Å². The van der Waals surface area contributed by atoms with Gasteiger partial charge in [-0.05, 0) is 52.9 Å². The molecule has 0 saturated carbocycles. The van der Waals surface area contributed by atoms with E-state index in [1.54, 1.807) is 0 Å². The fourth-order valence-electron chi connectivity index (χ4n) is 2.42. The minimum Gasteiger partial charge on any atom is -0.395 e. The Morgan fingerprint density at radius 1 is 0.875 bits per heavy atom. The van der Waals surface area contributed by atoms with E-state index in [1.807, 2.05) is 0 Å². The highest BCUT2D eigenvalue weighted by Gasteiger charge is 2.19. The standard InChI is InChI=1S/2C6H13NO/c2*1-7-4-2-3-6(7)5-8/h2*6,8H,2-5H2,1H3/t2*6-/m00/s1. The van der Waals surface area contributed by atoms with Crippen molar-refractivity contribution < 1.29 is 10.2 Å². The number of hydrogen-bond acceptors (Lipinski definition) is 4. The van der Waals surface area contributed by atoms with Gasteiger partial charge in [-0.3, -0.25) is 0 Å². The first-order valence-electron chi connectivity index (χ1n) is 6.31. The summed E-state index contributed by atoms with van der Waals surface area (Å²) in [6, 6.07) is 0.907. The van der Waals surface area contributed by atoms with Gasteiger partial charge in [-0.2, -0.15) is 0 Å². The van der Waals surface area contributed by atoms with E-state index in [9.17, 15) is 0 Å². The van der Waals surface area contributed by atoms with E-state index in [2.05, 4.69) is 23.9 Å². The Labute approximate surface area is 98.9 Å². The van der Waals surface area contributed by atoms with Gasteiger partial charge in [-0.25, -0.2) is 0 Å². The molecule has 0 amide bonds. The molecule has 2 atom stereocenters. The molecule has 2 aliphatic rings. The molecule has 2 fully saturated rings. The maximum Gasteiger partial charge on any atom is 0.0586 e. The second kappa shape index (κ2) is 7.22. The fraction of sp³-hybridized carbons (Fsp3) is 1.00. The molecular formula is C12H26N2O2. The van der Waals surface area contributed by atoms with Crippen LogP contribution in [-0.2, 0) is 0 Å². The van der Waals surface area contributed by atoms with Crippen molar-refractivity contribution in [2.75, 3.05) is 40.4 Å². The molecule has 0 aromatic heterocycles. The maximum absolute atomic E-state index is 8.69. The van der Waals surface area contributed by atoms with Gasteiger partial charge in [0.1, 0.15) is 0 Å². The highest BCUT2D eigenvalue weighted by Crippen LogP contribution is 2.13. The molecule has 16 heavy (non-hydrogen) atoms. The summed E-state index contributed by atoms with van der Waals surface area (Å²) in [7, 11) is 4.13. The van der Waals surface area contributed by atoms with Crippen LogP contribution in [0.2, 0.25) is 0 Å². The van der Waals surface area contributed by atoms with E-state index in [1.165, 1.54) is 25.7 Å². The minimum atomic E-state index is 0.330. The lowest BCUT2D eigenvalue weighted by Gasteiger charge is -2.15. The summed E-state index contributed by atoms with van der Waals surface area (Å²) in [5, 5.41) is 17.4. The van der Waals surface area contributed by atoms with Gasteiger partial charge in [-0.15, -0.1) is 0 Å². The van der Waals surface area contributed by atoms with E-state index in [-0.39, 0.29) is 0 Å². The van der Waals surface area contributed by atoms with Crippen LogP contribution in [0.15, 0.2) is 0 Å². The van der Waals surface area contributed by atoms with Crippen molar-refractivity contribution in [2.24, 2.45) is 0 Å². The Hall–Kier alpha value is -0.160. The van der Waals surface area contributed by atoms with Crippen LogP contribution in [0.5, 0.6) is 0 Å². The summed E-state index contributed by atoms with van der Waals surface area (Å²) in [5.41, 5.74) is 0. The van der Waals surface area contributed by atoms with Crippen LogP contribution < -0.4 is 0 Å². The van der Waals surface area contributed by atoms with Gasteiger partial charge < -0.3 is 20.0 Å². The lowest BCUT2D eigenvalue weighted by Crippen LogP contribution is -2.27. The van der Waals surface area contributed by atoms with Crippen LogP contribution in [0, 0.1) is 0 Å². The third kappa shape index (κ3) is 4.01. The number of aliphatic hydroxyl groups is 2. The first-order valence-corrected chi connectivity index (χ1v) is 6.31. The number of nitrogens with zero attached hydrogens (tertiary/aromatic N) is 2. The summed E-state index contributed by atoms with van der Waals surface area (Å²) in [6.07, 6.45) is 4.85. The first-order chi connectivity index (χ1) is 7.69. The smallest absolute Gasteiger partial charge is 0.0586 e. The van der Waals surface area contributed by atoms with E-state index in [0.717, 1.165) is 13.1 Å². The molecule has 0 spiro atoms. The number of hydrogen-bond donors (Lipinski definition) is 2. The van der Waals surface area contributed by atoms with Crippen LogP contribution in [0.25, 0.3) is 0 Å². The monoisotopic (exact) mass is 230 g/mol. The molecule has 96 valence electrons. The zero-order valence-electron chi connectivity index (χ0n) is 10.6. The van der Waals surface area contributed by atoms with E-state index in [4.69, 9.17) is 10.2 Å². The number of likely N-dealkylation sites (tertiary alicyclic amines) is 2. The molecule has 2 N–H and O–H groups in total. The van der Waals surface area contributed by atoms with Crippen molar-refractivity contribution in [3.8, 4) is 0 Å². The third-order valence-corrected chi connectivity index (χ3v) is 3.76. The topological polar surface area (TPSA) is 46.9 Å². The predicted octanol–water partition coefficient (Wildman–Crippen LogP) is 0.146. The highest BCUT2D eigenvalue weighted by atomic mass is 16.3. The number of aliphatic hydroxyl groups excluding tert-OH is 2. The molecule has 2 aliphatic heterocycles. The summed E-state index contributed by atoms with van der Waals surface area (Å²) in [6.45, 7) is 2.98. The van der Waals surface area contributed by atoms with Gasteiger partial charge in [0.15, 0.2) is 0 Å². The molecule has 2 saturated heterocycles. The zero-order chi connectivity index (χ0) is 12.0. The lowest BCUT2D eigenvalue weighted by molar-refractivity contribution is 0.182. The predicted molar refractivity (Wildman–Crippen MR) is 65.5 cm³/mol. The van der Waals surface area contributed by atoms with Crippen LogP contribution in [0.3, 0.4) is 0 Å². The van der Waals surface area contributed by atoms with Crippen molar-refractivity contribution in [3.05, 3.63) is 0 Å². The second-order valence-corrected chi connectivity index (χ2v) is 4.92. The molecule has 2 heterocycles. The first kappa shape index (κ1) is 13.9. The van der Waals surface area contributed by atoms with Crippen molar-refractivity contribution in [3.63, 3.8) is 0 Å². The summed E-state index contributed by atoms with van der Waals surface area (Å²) in [5.74, 6) is 0. The van der Waals surface area contributed by atoms with Crippen LogP contribution in [0.1, 0.15) is 25.7 Å². The third-order valence-electron chi connectivity index (χ3n) is 3.76. The van der Waals surface area contributed by atoms with Crippen LogP contribution in [0.4, 0.5) is 0 Å². The molecule has 4 nitrogen and oxygen atoms in total. The molecule has 0 unspecified atom stereocenters. The van der Waals surface area contributed by atoms with Gasteiger partial charge in [0.25, 0.3) is 0 Å². The SMILES string of the molecule is CN1CCC[C@H]1CO.CN1CCC[C@H]1CO. The van der Waals surface area contributed by atoms with Crippen molar-refractivity contribution in [1.29, 1.82) is 0 Å². The van der Waals surface area contributed by atoms with Crippen LogP contribution >= 0.6 is 0 Å². The molecular weight excluding hydrogens is 204 g/mol. The molecule has 2 rings (SSSR count). The molecule has 0 aliphatic carbocycles. The minimum absolute atomic E-state index is 0.330. The van der Waals surface area contributed by atoms with Crippen molar-refractivity contribution >= 4 is 0 Å². The molecule has 0 aromatic rings. The summed E-state index contributed by atoms with van der Waals surface area (Å²) in [4.78, 5) is 4.42.